The molecule has 0 unspecified atom stereocenters. The Bertz CT molecular complexity index is 245. The summed E-state index contributed by atoms with van der Waals surface area (Å²) in [4.78, 5) is 0. The molecule has 0 saturated heterocycles. The van der Waals surface area contributed by atoms with Crippen molar-refractivity contribution in [2.24, 2.45) is 0 Å². The molecule has 1 rings (SSSR count). The molecule has 0 fully saturated rings. The first-order valence-electron chi connectivity index (χ1n) is 2.80. The average molecular weight is 135 g/mol. The Balaban J connectivity index is 2.81. The van der Waals surface area contributed by atoms with Crippen LogP contribution in [0.3, 0.4) is 0 Å². The van der Waals surface area contributed by atoms with Gasteiger partial charge in [-0.2, -0.15) is 0 Å². The number of rotatable bonds is 1. The lowest BCUT2D eigenvalue weighted by Gasteiger charge is -1.95. The van der Waals surface area contributed by atoms with Crippen molar-refractivity contribution in [2.75, 3.05) is 5.32 Å². The van der Waals surface area contributed by atoms with Crippen molar-refractivity contribution in [2.45, 2.75) is 0 Å². The van der Waals surface area contributed by atoms with Gasteiger partial charge in [0.1, 0.15) is 5.82 Å². The third-order valence-corrected chi connectivity index (χ3v) is 1.06. The smallest absolute Gasteiger partial charge is 0.123 e. The summed E-state index contributed by atoms with van der Waals surface area (Å²) >= 11 is 0. The molecule has 50 valence electrons. The molecule has 0 aliphatic rings. The summed E-state index contributed by atoms with van der Waals surface area (Å²) in [5.41, 5.74) is 0.726. The Morgan fingerprint density at radius 1 is 1.30 bits per heavy atom. The lowest BCUT2D eigenvalue weighted by atomic mass is 10.3. The van der Waals surface area contributed by atoms with Gasteiger partial charge in [0, 0.05) is 11.7 Å². The van der Waals surface area contributed by atoms with Gasteiger partial charge in [-0.25, -0.2) is 4.39 Å². The molecule has 1 N–H and O–H groups in total. The van der Waals surface area contributed by atoms with Crippen LogP contribution in [0.2, 0.25) is 0 Å². The van der Waals surface area contributed by atoms with Gasteiger partial charge in [0.05, 0.1) is 0 Å². The minimum Gasteiger partial charge on any atom is -0.315 e. The fourth-order valence-corrected chi connectivity index (χ4v) is 0.617. The van der Waals surface area contributed by atoms with Crippen LogP contribution < -0.4 is 5.32 Å². The highest BCUT2D eigenvalue weighted by atomic mass is 19.1. The standard InChI is InChI=1S/C8H6FN/c1-2-10-8-5-3-7(9)4-6-8/h1,3-6,10H. The number of terminal acetylenes is 1. The Morgan fingerprint density at radius 3 is 2.40 bits per heavy atom. The molecular weight excluding hydrogens is 129 g/mol. The normalized spacial score (nSPS) is 8.40. The summed E-state index contributed by atoms with van der Waals surface area (Å²) in [6.07, 6.45) is 4.94. The summed E-state index contributed by atoms with van der Waals surface area (Å²) in [5.74, 6) is -0.262. The molecule has 0 aliphatic heterocycles. The van der Waals surface area contributed by atoms with Gasteiger partial charge < -0.3 is 5.32 Å². The van der Waals surface area contributed by atoms with E-state index in [1.807, 2.05) is 0 Å². The van der Waals surface area contributed by atoms with Crippen molar-refractivity contribution in [1.29, 1.82) is 0 Å². The average Bonchev–Trinajstić information content (AvgIpc) is 1.95. The van der Waals surface area contributed by atoms with Gasteiger partial charge >= 0.3 is 0 Å². The molecule has 1 aromatic rings. The van der Waals surface area contributed by atoms with Crippen molar-refractivity contribution in [3.05, 3.63) is 30.1 Å². The van der Waals surface area contributed by atoms with Crippen LogP contribution in [-0.2, 0) is 0 Å². The third-order valence-electron chi connectivity index (χ3n) is 1.06. The predicted molar refractivity (Wildman–Crippen MR) is 38.9 cm³/mol. The molecule has 0 aliphatic carbocycles. The Morgan fingerprint density at radius 2 is 1.90 bits per heavy atom. The van der Waals surface area contributed by atoms with Crippen molar-refractivity contribution in [1.82, 2.24) is 0 Å². The zero-order chi connectivity index (χ0) is 7.40. The third kappa shape index (κ3) is 1.49. The van der Waals surface area contributed by atoms with Crippen LogP contribution in [0.5, 0.6) is 0 Å². The van der Waals surface area contributed by atoms with Gasteiger partial charge in [0.15, 0.2) is 0 Å². The number of anilines is 1. The molecule has 0 heterocycles. The van der Waals surface area contributed by atoms with Crippen molar-refractivity contribution < 1.29 is 4.39 Å². The quantitative estimate of drug-likeness (QED) is 0.457. The van der Waals surface area contributed by atoms with Crippen LogP contribution in [-0.4, -0.2) is 0 Å². The van der Waals surface area contributed by atoms with E-state index < -0.39 is 0 Å². The van der Waals surface area contributed by atoms with E-state index in [-0.39, 0.29) is 5.82 Å². The van der Waals surface area contributed by atoms with E-state index in [1.165, 1.54) is 12.1 Å². The summed E-state index contributed by atoms with van der Waals surface area (Å²) in [6.45, 7) is 0. The molecule has 0 radical (unpaired) electrons. The van der Waals surface area contributed by atoms with E-state index in [0.29, 0.717) is 0 Å². The van der Waals surface area contributed by atoms with Gasteiger partial charge in [0.2, 0.25) is 0 Å². The monoisotopic (exact) mass is 135 g/mol. The number of halogens is 1. The van der Waals surface area contributed by atoms with Crippen LogP contribution in [0.1, 0.15) is 0 Å². The molecule has 0 aromatic heterocycles. The van der Waals surface area contributed by atoms with Crippen LogP contribution >= 0.6 is 0 Å². The van der Waals surface area contributed by atoms with E-state index in [9.17, 15) is 4.39 Å². The van der Waals surface area contributed by atoms with E-state index >= 15 is 0 Å². The predicted octanol–water partition coefficient (Wildman–Crippen LogP) is 1.83. The van der Waals surface area contributed by atoms with Gasteiger partial charge in [-0.05, 0) is 24.3 Å². The van der Waals surface area contributed by atoms with Gasteiger partial charge in [0.25, 0.3) is 0 Å². The molecule has 1 aromatic carbocycles. The second-order valence-corrected chi connectivity index (χ2v) is 1.78. The summed E-state index contributed by atoms with van der Waals surface area (Å²) in [6, 6.07) is 8.08. The molecule has 2 heteroatoms. The first-order valence-corrected chi connectivity index (χ1v) is 2.80. The van der Waals surface area contributed by atoms with E-state index in [0.717, 1.165) is 5.69 Å². The van der Waals surface area contributed by atoms with E-state index in [1.54, 1.807) is 12.1 Å². The maximum absolute atomic E-state index is 12.2. The molecule has 0 saturated carbocycles. The summed E-state index contributed by atoms with van der Waals surface area (Å²) < 4.78 is 12.2. The molecule has 0 amide bonds. The fraction of sp³-hybridized carbons (Fsp3) is 0. The van der Waals surface area contributed by atoms with E-state index in [2.05, 4.69) is 11.4 Å². The topological polar surface area (TPSA) is 12.0 Å². The maximum Gasteiger partial charge on any atom is 0.123 e. The molecule has 0 bridgehead atoms. The summed E-state index contributed by atoms with van der Waals surface area (Å²) in [5, 5.41) is 2.60. The van der Waals surface area contributed by atoms with Crippen LogP contribution in [0, 0.1) is 18.3 Å². The highest BCUT2D eigenvalue weighted by Crippen LogP contribution is 2.06. The molecule has 1 nitrogen and oxygen atoms in total. The van der Waals surface area contributed by atoms with Crippen LogP contribution in [0.4, 0.5) is 10.1 Å². The Kier molecular flexibility index (Phi) is 1.91. The number of hydrogen-bond donors (Lipinski definition) is 1. The second-order valence-electron chi connectivity index (χ2n) is 1.78. The molecule has 0 atom stereocenters. The minimum absolute atomic E-state index is 0.262. The largest absolute Gasteiger partial charge is 0.315 e. The lowest BCUT2D eigenvalue weighted by Crippen LogP contribution is -1.85. The maximum atomic E-state index is 12.2. The van der Waals surface area contributed by atoms with Gasteiger partial charge in [-0.3, -0.25) is 0 Å². The molecule has 10 heavy (non-hydrogen) atoms. The van der Waals surface area contributed by atoms with Crippen molar-refractivity contribution in [3.63, 3.8) is 0 Å². The highest BCUT2D eigenvalue weighted by Gasteiger charge is 1.88. The SMILES string of the molecule is C#CNc1ccc(F)cc1. The number of benzene rings is 1. The molecular formula is C8H6FN. The highest BCUT2D eigenvalue weighted by molar-refractivity contribution is 5.46. The Labute approximate surface area is 58.9 Å². The summed E-state index contributed by atoms with van der Waals surface area (Å²) in [7, 11) is 0. The number of nitrogens with one attached hydrogen (secondary N) is 1. The second kappa shape index (κ2) is 2.88. The zero-order valence-corrected chi connectivity index (χ0v) is 5.26. The van der Waals surface area contributed by atoms with Crippen molar-refractivity contribution >= 4 is 5.69 Å². The Hall–Kier alpha value is -1.49. The minimum atomic E-state index is -0.262. The first-order chi connectivity index (χ1) is 4.83. The van der Waals surface area contributed by atoms with Crippen molar-refractivity contribution in [3.8, 4) is 12.5 Å². The van der Waals surface area contributed by atoms with Gasteiger partial charge in [-0.1, -0.05) is 6.42 Å². The first kappa shape index (κ1) is 6.63. The lowest BCUT2D eigenvalue weighted by molar-refractivity contribution is 0.628. The fourth-order valence-electron chi connectivity index (χ4n) is 0.617. The van der Waals surface area contributed by atoms with Gasteiger partial charge in [-0.15, -0.1) is 0 Å². The van der Waals surface area contributed by atoms with Crippen LogP contribution in [0.25, 0.3) is 0 Å². The van der Waals surface area contributed by atoms with E-state index in [4.69, 9.17) is 6.42 Å². The molecule has 0 spiro atoms. The zero-order valence-electron chi connectivity index (χ0n) is 5.26. The van der Waals surface area contributed by atoms with Crippen LogP contribution in [0.15, 0.2) is 24.3 Å². The number of hydrogen-bond acceptors (Lipinski definition) is 1.